The summed E-state index contributed by atoms with van der Waals surface area (Å²) in [4.78, 5) is 19.3. The van der Waals surface area contributed by atoms with Gasteiger partial charge < -0.3 is 15.0 Å². The SMILES string of the molecule is CCOc1ccc(C(=O)NC(CN2CCCC2)c2ccccc2)cn1. The summed E-state index contributed by atoms with van der Waals surface area (Å²) in [5.74, 6) is 0.430. The van der Waals surface area contributed by atoms with Crippen LogP contribution in [0, 0.1) is 0 Å². The highest BCUT2D eigenvalue weighted by Crippen LogP contribution is 2.18. The molecule has 2 aromatic rings. The number of aromatic nitrogens is 1. The molecule has 25 heavy (non-hydrogen) atoms. The van der Waals surface area contributed by atoms with Crippen LogP contribution in [0.25, 0.3) is 0 Å². The van der Waals surface area contributed by atoms with Crippen LogP contribution < -0.4 is 10.1 Å². The molecule has 1 aromatic carbocycles. The minimum atomic E-state index is -0.108. The lowest BCUT2D eigenvalue weighted by atomic mass is 10.1. The summed E-state index contributed by atoms with van der Waals surface area (Å²) in [5.41, 5.74) is 1.67. The smallest absolute Gasteiger partial charge is 0.253 e. The van der Waals surface area contributed by atoms with E-state index in [-0.39, 0.29) is 11.9 Å². The molecular formula is C20H25N3O2. The van der Waals surface area contributed by atoms with Gasteiger partial charge in [-0.05, 0) is 44.5 Å². The maximum atomic E-state index is 12.7. The largest absolute Gasteiger partial charge is 0.478 e. The fraction of sp³-hybridized carbons (Fsp3) is 0.400. The molecule has 3 rings (SSSR count). The zero-order chi connectivity index (χ0) is 17.5. The molecule has 132 valence electrons. The van der Waals surface area contributed by atoms with E-state index in [1.54, 1.807) is 18.3 Å². The standard InChI is InChI=1S/C20H25N3O2/c1-2-25-19-11-10-17(14-21-19)20(24)22-18(15-23-12-6-7-13-23)16-8-4-3-5-9-16/h3-5,8-11,14,18H,2,6-7,12-13,15H2,1H3,(H,22,24). The first-order valence-corrected chi connectivity index (χ1v) is 8.93. The van der Waals surface area contributed by atoms with E-state index in [1.807, 2.05) is 25.1 Å². The highest BCUT2D eigenvalue weighted by Gasteiger charge is 2.21. The fourth-order valence-corrected chi connectivity index (χ4v) is 3.13. The van der Waals surface area contributed by atoms with Crippen molar-refractivity contribution in [3.05, 3.63) is 59.8 Å². The maximum absolute atomic E-state index is 12.7. The third kappa shape index (κ3) is 4.79. The second-order valence-electron chi connectivity index (χ2n) is 6.26. The molecule has 1 unspecified atom stereocenters. The van der Waals surface area contributed by atoms with Gasteiger partial charge in [0, 0.05) is 18.8 Å². The van der Waals surface area contributed by atoms with Gasteiger partial charge in [-0.2, -0.15) is 0 Å². The topological polar surface area (TPSA) is 54.5 Å². The molecule has 0 aliphatic carbocycles. The minimum absolute atomic E-state index is 0.0293. The van der Waals surface area contributed by atoms with E-state index < -0.39 is 0 Å². The van der Waals surface area contributed by atoms with Crippen molar-refractivity contribution >= 4 is 5.91 Å². The predicted octanol–water partition coefficient (Wildman–Crippen LogP) is 3.05. The lowest BCUT2D eigenvalue weighted by molar-refractivity contribution is 0.0926. The number of benzene rings is 1. The Bertz CT molecular complexity index is 667. The number of nitrogens with zero attached hydrogens (tertiary/aromatic N) is 2. The van der Waals surface area contributed by atoms with Crippen LogP contribution in [0.5, 0.6) is 5.88 Å². The molecule has 0 spiro atoms. The Morgan fingerprint density at radius 2 is 1.96 bits per heavy atom. The van der Waals surface area contributed by atoms with E-state index in [2.05, 4.69) is 27.3 Å². The lowest BCUT2D eigenvalue weighted by Gasteiger charge is -2.25. The molecule has 1 amide bonds. The van der Waals surface area contributed by atoms with Crippen molar-refractivity contribution < 1.29 is 9.53 Å². The number of likely N-dealkylation sites (tertiary alicyclic amines) is 1. The van der Waals surface area contributed by atoms with E-state index in [0.717, 1.165) is 25.2 Å². The summed E-state index contributed by atoms with van der Waals surface area (Å²) in [7, 11) is 0. The number of ether oxygens (including phenoxy) is 1. The van der Waals surface area contributed by atoms with Gasteiger partial charge in [-0.25, -0.2) is 4.98 Å². The quantitative estimate of drug-likeness (QED) is 0.842. The predicted molar refractivity (Wildman–Crippen MR) is 97.7 cm³/mol. The monoisotopic (exact) mass is 339 g/mol. The zero-order valence-electron chi connectivity index (χ0n) is 14.6. The number of carbonyl (C=O) groups is 1. The molecule has 5 heteroatoms. The van der Waals surface area contributed by atoms with Gasteiger partial charge >= 0.3 is 0 Å². The summed E-state index contributed by atoms with van der Waals surface area (Å²) in [6.45, 7) is 5.50. The molecule has 1 aliphatic heterocycles. The number of hydrogen-bond donors (Lipinski definition) is 1. The van der Waals surface area contributed by atoms with Crippen LogP contribution in [0.3, 0.4) is 0 Å². The minimum Gasteiger partial charge on any atom is -0.478 e. The summed E-state index contributed by atoms with van der Waals surface area (Å²) in [6, 6.07) is 13.6. The number of rotatable bonds is 7. The van der Waals surface area contributed by atoms with E-state index >= 15 is 0 Å². The maximum Gasteiger partial charge on any atom is 0.253 e. The first-order chi connectivity index (χ1) is 12.3. The first-order valence-electron chi connectivity index (χ1n) is 8.93. The lowest BCUT2D eigenvalue weighted by Crippen LogP contribution is -2.37. The van der Waals surface area contributed by atoms with Crippen LogP contribution in [-0.4, -0.2) is 42.0 Å². The molecule has 5 nitrogen and oxygen atoms in total. The zero-order valence-corrected chi connectivity index (χ0v) is 14.6. The summed E-state index contributed by atoms with van der Waals surface area (Å²) < 4.78 is 5.33. The van der Waals surface area contributed by atoms with E-state index in [9.17, 15) is 4.79 Å². The molecule has 1 atom stereocenters. The molecule has 0 saturated carbocycles. The number of nitrogens with one attached hydrogen (secondary N) is 1. The van der Waals surface area contributed by atoms with Crippen molar-refractivity contribution in [1.29, 1.82) is 0 Å². The van der Waals surface area contributed by atoms with Gasteiger partial charge in [-0.1, -0.05) is 30.3 Å². The van der Waals surface area contributed by atoms with Gasteiger partial charge in [0.1, 0.15) is 0 Å². The van der Waals surface area contributed by atoms with Gasteiger partial charge in [0.05, 0.1) is 18.2 Å². The van der Waals surface area contributed by atoms with E-state index in [0.29, 0.717) is 18.1 Å². The second kappa shape index (κ2) is 8.62. The highest BCUT2D eigenvalue weighted by atomic mass is 16.5. The fourth-order valence-electron chi connectivity index (χ4n) is 3.13. The summed E-state index contributed by atoms with van der Waals surface area (Å²) in [5, 5.41) is 3.17. The number of hydrogen-bond acceptors (Lipinski definition) is 4. The van der Waals surface area contributed by atoms with Crippen molar-refractivity contribution in [2.24, 2.45) is 0 Å². The third-order valence-corrected chi connectivity index (χ3v) is 4.44. The molecule has 0 radical (unpaired) electrons. The average molecular weight is 339 g/mol. The molecular weight excluding hydrogens is 314 g/mol. The Kier molecular flexibility index (Phi) is 6.01. The van der Waals surface area contributed by atoms with Crippen LogP contribution in [-0.2, 0) is 0 Å². The molecule has 0 bridgehead atoms. The number of pyridine rings is 1. The summed E-state index contributed by atoms with van der Waals surface area (Å²) >= 11 is 0. The Morgan fingerprint density at radius 3 is 2.60 bits per heavy atom. The average Bonchev–Trinajstić information content (AvgIpc) is 3.16. The van der Waals surface area contributed by atoms with Crippen molar-refractivity contribution in [2.75, 3.05) is 26.2 Å². The Labute approximate surface area is 149 Å². The molecule has 1 aromatic heterocycles. The van der Waals surface area contributed by atoms with Crippen LogP contribution in [0.1, 0.15) is 41.7 Å². The normalized spacial score (nSPS) is 15.7. The highest BCUT2D eigenvalue weighted by molar-refractivity contribution is 5.94. The molecule has 1 aliphatic rings. The Morgan fingerprint density at radius 1 is 1.20 bits per heavy atom. The van der Waals surface area contributed by atoms with Crippen LogP contribution >= 0.6 is 0 Å². The summed E-state index contributed by atoms with van der Waals surface area (Å²) in [6.07, 6.45) is 4.04. The first kappa shape index (κ1) is 17.4. The van der Waals surface area contributed by atoms with Crippen LogP contribution in [0.4, 0.5) is 0 Å². The molecule has 1 saturated heterocycles. The molecule has 1 N–H and O–H groups in total. The number of amides is 1. The van der Waals surface area contributed by atoms with Crippen molar-refractivity contribution in [3.8, 4) is 5.88 Å². The van der Waals surface area contributed by atoms with E-state index in [4.69, 9.17) is 4.74 Å². The third-order valence-electron chi connectivity index (χ3n) is 4.44. The van der Waals surface area contributed by atoms with Crippen molar-refractivity contribution in [1.82, 2.24) is 15.2 Å². The molecule has 2 heterocycles. The van der Waals surface area contributed by atoms with Gasteiger partial charge in [0.15, 0.2) is 0 Å². The van der Waals surface area contributed by atoms with Crippen molar-refractivity contribution in [3.63, 3.8) is 0 Å². The van der Waals surface area contributed by atoms with Gasteiger partial charge in [-0.15, -0.1) is 0 Å². The van der Waals surface area contributed by atoms with Crippen LogP contribution in [0.2, 0.25) is 0 Å². The van der Waals surface area contributed by atoms with Gasteiger partial charge in [-0.3, -0.25) is 4.79 Å². The molecule has 1 fully saturated rings. The second-order valence-corrected chi connectivity index (χ2v) is 6.26. The van der Waals surface area contributed by atoms with Crippen molar-refractivity contribution in [2.45, 2.75) is 25.8 Å². The van der Waals surface area contributed by atoms with Gasteiger partial charge in [0.2, 0.25) is 5.88 Å². The number of carbonyl (C=O) groups excluding carboxylic acids is 1. The van der Waals surface area contributed by atoms with Crippen LogP contribution in [0.15, 0.2) is 48.7 Å². The Balaban J connectivity index is 1.71. The van der Waals surface area contributed by atoms with E-state index in [1.165, 1.54) is 12.8 Å². The van der Waals surface area contributed by atoms with Gasteiger partial charge in [0.25, 0.3) is 5.91 Å². The Hall–Kier alpha value is -2.40.